The zero-order valence-electron chi connectivity index (χ0n) is 9.54. The number of rotatable bonds is 5. The van der Waals surface area contributed by atoms with Gasteiger partial charge in [-0.1, -0.05) is 19.1 Å². The summed E-state index contributed by atoms with van der Waals surface area (Å²) < 4.78 is 0. The van der Waals surface area contributed by atoms with Crippen molar-refractivity contribution in [3.63, 3.8) is 0 Å². The lowest BCUT2D eigenvalue weighted by Gasteiger charge is -2.32. The normalized spacial score (nSPS) is 22.6. The van der Waals surface area contributed by atoms with Crippen molar-refractivity contribution in [2.24, 2.45) is 5.92 Å². The number of carboxylic acids is 1. The second-order valence-corrected chi connectivity index (χ2v) is 4.44. The van der Waals surface area contributed by atoms with Crippen molar-refractivity contribution < 1.29 is 9.90 Å². The van der Waals surface area contributed by atoms with Gasteiger partial charge >= 0.3 is 5.97 Å². The average molecular weight is 211 g/mol. The van der Waals surface area contributed by atoms with Crippen molar-refractivity contribution in [2.75, 3.05) is 19.6 Å². The van der Waals surface area contributed by atoms with Gasteiger partial charge in [-0.3, -0.25) is 9.69 Å². The van der Waals surface area contributed by atoms with E-state index in [1.54, 1.807) is 0 Å². The number of piperidine rings is 1. The van der Waals surface area contributed by atoms with E-state index in [0.29, 0.717) is 12.3 Å². The van der Waals surface area contributed by atoms with Crippen LogP contribution in [0.3, 0.4) is 0 Å². The highest BCUT2D eigenvalue weighted by Gasteiger charge is 2.21. The fourth-order valence-electron chi connectivity index (χ4n) is 2.14. The molecule has 1 unspecified atom stereocenters. The summed E-state index contributed by atoms with van der Waals surface area (Å²) in [4.78, 5) is 13.0. The molecule has 3 heteroatoms. The summed E-state index contributed by atoms with van der Waals surface area (Å²) in [7, 11) is 0. The van der Waals surface area contributed by atoms with Crippen LogP contribution in [0.15, 0.2) is 12.2 Å². The van der Waals surface area contributed by atoms with E-state index in [0.717, 1.165) is 38.9 Å². The van der Waals surface area contributed by atoms with E-state index < -0.39 is 5.97 Å². The Kier molecular flexibility index (Phi) is 4.82. The molecule has 0 amide bonds. The fraction of sp³-hybridized carbons (Fsp3) is 0.750. The minimum absolute atomic E-state index is 0.315. The van der Waals surface area contributed by atoms with Crippen LogP contribution in [-0.2, 0) is 4.79 Å². The van der Waals surface area contributed by atoms with Gasteiger partial charge in [0.15, 0.2) is 0 Å². The van der Waals surface area contributed by atoms with Crippen molar-refractivity contribution in [2.45, 2.75) is 32.6 Å². The van der Waals surface area contributed by atoms with Crippen molar-refractivity contribution in [3.05, 3.63) is 12.2 Å². The summed E-state index contributed by atoms with van der Waals surface area (Å²) in [6.45, 7) is 9.06. The number of likely N-dealkylation sites (tertiary alicyclic amines) is 1. The number of aliphatic carboxylic acids is 1. The largest absolute Gasteiger partial charge is 0.481 e. The Bertz CT molecular complexity index is 238. The standard InChI is InChI=1S/C12H21NO2/c1-3-10(2)8-13-6-4-5-11(9-13)7-12(14)15/h11H,2-9H2,1H3,(H,14,15). The summed E-state index contributed by atoms with van der Waals surface area (Å²) in [5.41, 5.74) is 1.24. The molecule has 1 atom stereocenters. The lowest BCUT2D eigenvalue weighted by molar-refractivity contribution is -0.138. The minimum Gasteiger partial charge on any atom is -0.481 e. The molecule has 0 aromatic carbocycles. The molecule has 1 N–H and O–H groups in total. The van der Waals surface area contributed by atoms with Crippen LogP contribution in [-0.4, -0.2) is 35.6 Å². The van der Waals surface area contributed by atoms with Crippen LogP contribution in [0.25, 0.3) is 0 Å². The number of nitrogens with zero attached hydrogens (tertiary/aromatic N) is 1. The molecule has 15 heavy (non-hydrogen) atoms. The first-order valence-electron chi connectivity index (χ1n) is 5.72. The molecule has 0 bridgehead atoms. The molecule has 1 aliphatic rings. The quantitative estimate of drug-likeness (QED) is 0.708. The third-order valence-electron chi connectivity index (χ3n) is 3.01. The Morgan fingerprint density at radius 2 is 2.33 bits per heavy atom. The van der Waals surface area contributed by atoms with Gasteiger partial charge in [-0.15, -0.1) is 0 Å². The van der Waals surface area contributed by atoms with Gasteiger partial charge in [0.1, 0.15) is 0 Å². The smallest absolute Gasteiger partial charge is 0.303 e. The second-order valence-electron chi connectivity index (χ2n) is 4.44. The summed E-state index contributed by atoms with van der Waals surface area (Å²) in [5.74, 6) is -0.336. The van der Waals surface area contributed by atoms with Gasteiger partial charge < -0.3 is 5.11 Å². The topological polar surface area (TPSA) is 40.5 Å². The molecule has 0 spiro atoms. The van der Waals surface area contributed by atoms with Crippen molar-refractivity contribution in [3.8, 4) is 0 Å². The molecule has 86 valence electrons. The second kappa shape index (κ2) is 5.91. The Morgan fingerprint density at radius 1 is 1.60 bits per heavy atom. The Balaban J connectivity index is 2.35. The minimum atomic E-state index is -0.670. The molecule has 1 rings (SSSR count). The van der Waals surface area contributed by atoms with E-state index in [2.05, 4.69) is 18.4 Å². The monoisotopic (exact) mass is 211 g/mol. The maximum absolute atomic E-state index is 10.6. The number of hydrogen-bond acceptors (Lipinski definition) is 2. The predicted octanol–water partition coefficient (Wildman–Crippen LogP) is 2.14. The zero-order valence-corrected chi connectivity index (χ0v) is 9.54. The first-order chi connectivity index (χ1) is 7.11. The van der Waals surface area contributed by atoms with Gasteiger partial charge in [-0.2, -0.15) is 0 Å². The molecule has 0 radical (unpaired) electrons. The SMILES string of the molecule is C=C(CC)CN1CCCC(CC(=O)O)C1. The summed E-state index contributed by atoms with van der Waals surface area (Å²) in [5, 5.41) is 8.74. The highest BCUT2D eigenvalue weighted by atomic mass is 16.4. The molecule has 1 fully saturated rings. The van der Waals surface area contributed by atoms with Gasteiger partial charge in [0, 0.05) is 19.5 Å². The molecule has 0 aliphatic carbocycles. The van der Waals surface area contributed by atoms with Crippen LogP contribution >= 0.6 is 0 Å². The number of carbonyl (C=O) groups is 1. The molecule has 1 saturated heterocycles. The molecular formula is C12H21NO2. The maximum Gasteiger partial charge on any atom is 0.303 e. The third kappa shape index (κ3) is 4.47. The van der Waals surface area contributed by atoms with Crippen LogP contribution in [0.4, 0.5) is 0 Å². The summed E-state index contributed by atoms with van der Waals surface area (Å²) >= 11 is 0. The van der Waals surface area contributed by atoms with Crippen LogP contribution in [0.2, 0.25) is 0 Å². The average Bonchev–Trinajstić information content (AvgIpc) is 2.17. The lowest BCUT2D eigenvalue weighted by Crippen LogP contribution is -2.37. The van der Waals surface area contributed by atoms with Crippen LogP contribution in [0.1, 0.15) is 32.6 Å². The fourth-order valence-corrected chi connectivity index (χ4v) is 2.14. The third-order valence-corrected chi connectivity index (χ3v) is 3.01. The van der Waals surface area contributed by atoms with Crippen LogP contribution in [0, 0.1) is 5.92 Å². The molecular weight excluding hydrogens is 190 g/mol. The molecule has 1 aliphatic heterocycles. The van der Waals surface area contributed by atoms with E-state index >= 15 is 0 Å². The van der Waals surface area contributed by atoms with Gasteiger partial charge in [-0.25, -0.2) is 0 Å². The summed E-state index contributed by atoms with van der Waals surface area (Å²) in [6.07, 6.45) is 3.51. The number of carboxylic acid groups (broad SMARTS) is 1. The molecule has 1 heterocycles. The predicted molar refractivity (Wildman–Crippen MR) is 60.8 cm³/mol. The van der Waals surface area contributed by atoms with Gasteiger partial charge in [0.2, 0.25) is 0 Å². The highest BCUT2D eigenvalue weighted by Crippen LogP contribution is 2.20. The highest BCUT2D eigenvalue weighted by molar-refractivity contribution is 5.67. The zero-order chi connectivity index (χ0) is 11.3. The van der Waals surface area contributed by atoms with Crippen LogP contribution < -0.4 is 0 Å². The van der Waals surface area contributed by atoms with Gasteiger partial charge in [0.25, 0.3) is 0 Å². The molecule has 3 nitrogen and oxygen atoms in total. The van der Waals surface area contributed by atoms with Crippen molar-refractivity contribution >= 4 is 5.97 Å². The molecule has 0 saturated carbocycles. The van der Waals surface area contributed by atoms with Crippen molar-refractivity contribution in [1.82, 2.24) is 4.90 Å². The lowest BCUT2D eigenvalue weighted by atomic mass is 9.94. The Hall–Kier alpha value is -0.830. The Labute approximate surface area is 91.8 Å². The number of hydrogen-bond donors (Lipinski definition) is 1. The van der Waals surface area contributed by atoms with Gasteiger partial charge in [-0.05, 0) is 31.7 Å². The van der Waals surface area contributed by atoms with E-state index in [-0.39, 0.29) is 0 Å². The first kappa shape index (κ1) is 12.2. The maximum atomic E-state index is 10.6. The van der Waals surface area contributed by atoms with Crippen molar-refractivity contribution in [1.29, 1.82) is 0 Å². The molecule has 0 aromatic heterocycles. The van der Waals surface area contributed by atoms with Gasteiger partial charge in [0.05, 0.1) is 0 Å². The van der Waals surface area contributed by atoms with E-state index in [1.165, 1.54) is 5.57 Å². The van der Waals surface area contributed by atoms with E-state index in [1.807, 2.05) is 0 Å². The summed E-state index contributed by atoms with van der Waals surface area (Å²) in [6, 6.07) is 0. The van der Waals surface area contributed by atoms with E-state index in [9.17, 15) is 4.79 Å². The van der Waals surface area contributed by atoms with E-state index in [4.69, 9.17) is 5.11 Å². The molecule has 0 aromatic rings. The Morgan fingerprint density at radius 3 is 2.93 bits per heavy atom. The first-order valence-corrected chi connectivity index (χ1v) is 5.72. The van der Waals surface area contributed by atoms with Crippen LogP contribution in [0.5, 0.6) is 0 Å².